The second kappa shape index (κ2) is 5.44. The third-order valence-corrected chi connectivity index (χ3v) is 3.43. The van der Waals surface area contributed by atoms with Crippen LogP contribution in [-0.4, -0.2) is 16.3 Å². The molecule has 0 bridgehead atoms. The van der Waals surface area contributed by atoms with Crippen molar-refractivity contribution < 1.29 is 14.0 Å². The summed E-state index contributed by atoms with van der Waals surface area (Å²) < 4.78 is 6.08. The fraction of sp³-hybridized carbons (Fsp3) is 0.118. The molecule has 0 aliphatic heterocycles. The van der Waals surface area contributed by atoms with Crippen LogP contribution in [-0.2, 0) is 0 Å². The van der Waals surface area contributed by atoms with E-state index in [4.69, 9.17) is 4.42 Å². The Morgan fingerprint density at radius 2 is 1.77 bits per heavy atom. The molecule has 0 spiro atoms. The number of fused-ring (bicyclic) bond motifs is 1. The van der Waals surface area contributed by atoms with Crippen molar-refractivity contribution in [2.45, 2.75) is 13.3 Å². The molecule has 0 aliphatic rings. The van der Waals surface area contributed by atoms with Gasteiger partial charge in [0.05, 0.1) is 5.52 Å². The minimum Gasteiger partial charge on any atom is -0.407 e. The van der Waals surface area contributed by atoms with Gasteiger partial charge in [0, 0.05) is 17.5 Å². The van der Waals surface area contributed by atoms with Gasteiger partial charge in [-0.2, -0.15) is 0 Å². The summed E-state index contributed by atoms with van der Waals surface area (Å²) in [5.74, 6) is -1.24. The van der Waals surface area contributed by atoms with Crippen molar-refractivity contribution in [2.24, 2.45) is 0 Å². The lowest BCUT2D eigenvalue weighted by molar-refractivity contribution is 0.0905. The highest BCUT2D eigenvalue weighted by molar-refractivity contribution is 6.10. The van der Waals surface area contributed by atoms with Gasteiger partial charge in [0.1, 0.15) is 0 Å². The van der Waals surface area contributed by atoms with Crippen LogP contribution in [0.3, 0.4) is 0 Å². The summed E-state index contributed by atoms with van der Waals surface area (Å²) in [6, 6.07) is 13.5. The molecule has 0 atom stereocenters. The number of ketones is 1. The van der Waals surface area contributed by atoms with Crippen LogP contribution in [0.4, 0.5) is 0 Å². The Morgan fingerprint density at radius 3 is 2.45 bits per heavy atom. The van der Waals surface area contributed by atoms with Gasteiger partial charge >= 0.3 is 5.76 Å². The van der Waals surface area contributed by atoms with Crippen LogP contribution < -0.4 is 5.76 Å². The molecule has 0 amide bonds. The second-order valence-electron chi connectivity index (χ2n) is 4.83. The van der Waals surface area contributed by atoms with E-state index in [0.717, 1.165) is 4.57 Å². The number of carbonyl (C=O) groups excluding carboxylic acids is 2. The lowest BCUT2D eigenvalue weighted by atomic mass is 10.0. The van der Waals surface area contributed by atoms with E-state index < -0.39 is 5.76 Å². The summed E-state index contributed by atoms with van der Waals surface area (Å²) in [7, 11) is 0. The maximum Gasteiger partial charge on any atom is 0.426 e. The Morgan fingerprint density at radius 1 is 1.05 bits per heavy atom. The van der Waals surface area contributed by atoms with E-state index in [1.807, 2.05) is 6.07 Å². The minimum absolute atomic E-state index is 0.167. The van der Waals surface area contributed by atoms with E-state index in [9.17, 15) is 14.4 Å². The molecule has 0 unspecified atom stereocenters. The molecule has 1 aromatic heterocycles. The Labute approximate surface area is 125 Å². The van der Waals surface area contributed by atoms with Gasteiger partial charge in [-0.25, -0.2) is 9.36 Å². The highest BCUT2D eigenvalue weighted by atomic mass is 16.4. The highest BCUT2D eigenvalue weighted by Gasteiger charge is 2.17. The van der Waals surface area contributed by atoms with E-state index in [0.29, 0.717) is 16.6 Å². The van der Waals surface area contributed by atoms with Crippen LogP contribution in [0.25, 0.3) is 11.1 Å². The first kappa shape index (κ1) is 14.0. The highest BCUT2D eigenvalue weighted by Crippen LogP contribution is 2.18. The summed E-state index contributed by atoms with van der Waals surface area (Å²) in [6.45, 7) is 1.67. The molecule has 1 heterocycles. The van der Waals surface area contributed by atoms with Gasteiger partial charge in [-0.15, -0.1) is 0 Å². The average molecular weight is 295 g/mol. The standard InChI is InChI=1S/C17H13NO4/c1-2-15(19)18-13-9-8-12(10-14(13)22-17(18)21)16(20)11-6-4-3-5-7-11/h3-10H,2H2,1H3. The molecule has 0 fully saturated rings. The van der Waals surface area contributed by atoms with Crippen LogP contribution in [0.2, 0.25) is 0 Å². The molecule has 3 aromatic rings. The number of benzene rings is 2. The van der Waals surface area contributed by atoms with Crippen molar-refractivity contribution in [1.82, 2.24) is 4.57 Å². The second-order valence-corrected chi connectivity index (χ2v) is 4.83. The predicted molar refractivity (Wildman–Crippen MR) is 81.3 cm³/mol. The Bertz CT molecular complexity index is 919. The Hall–Kier alpha value is -2.95. The summed E-state index contributed by atoms with van der Waals surface area (Å²) in [5.41, 5.74) is 1.56. The largest absolute Gasteiger partial charge is 0.426 e. The maximum atomic E-state index is 12.4. The van der Waals surface area contributed by atoms with Gasteiger partial charge in [0.2, 0.25) is 5.91 Å². The molecule has 0 saturated carbocycles. The molecule has 0 radical (unpaired) electrons. The zero-order valence-electron chi connectivity index (χ0n) is 11.9. The third kappa shape index (κ3) is 2.26. The van der Waals surface area contributed by atoms with Crippen LogP contribution in [0, 0.1) is 0 Å². The van der Waals surface area contributed by atoms with Gasteiger partial charge in [-0.05, 0) is 18.2 Å². The first-order valence-electron chi connectivity index (χ1n) is 6.90. The fourth-order valence-corrected chi connectivity index (χ4v) is 2.31. The molecule has 5 nitrogen and oxygen atoms in total. The molecule has 0 aliphatic carbocycles. The molecule has 2 aromatic carbocycles. The summed E-state index contributed by atoms with van der Waals surface area (Å²) in [4.78, 5) is 35.9. The Balaban J connectivity index is 2.10. The van der Waals surface area contributed by atoms with Crippen molar-refractivity contribution in [3.63, 3.8) is 0 Å². The third-order valence-electron chi connectivity index (χ3n) is 3.43. The summed E-state index contributed by atoms with van der Waals surface area (Å²) in [5, 5.41) is 0. The number of carbonyl (C=O) groups is 2. The van der Waals surface area contributed by atoms with Crippen molar-refractivity contribution >= 4 is 22.8 Å². The summed E-state index contributed by atoms with van der Waals surface area (Å²) >= 11 is 0. The van der Waals surface area contributed by atoms with E-state index >= 15 is 0 Å². The predicted octanol–water partition coefficient (Wildman–Crippen LogP) is 2.88. The van der Waals surface area contributed by atoms with Gasteiger partial charge < -0.3 is 4.42 Å². The normalized spacial score (nSPS) is 10.8. The number of hydrogen-bond donors (Lipinski definition) is 0. The molecular weight excluding hydrogens is 282 g/mol. The van der Waals surface area contributed by atoms with Gasteiger partial charge in [0.25, 0.3) is 0 Å². The SMILES string of the molecule is CCC(=O)n1c(=O)oc2cc(C(=O)c3ccccc3)ccc21. The quantitative estimate of drug-likeness (QED) is 0.697. The molecule has 0 saturated heterocycles. The summed E-state index contributed by atoms with van der Waals surface area (Å²) in [6.07, 6.45) is 0.194. The molecule has 110 valence electrons. The number of oxazole rings is 1. The van der Waals surface area contributed by atoms with Crippen LogP contribution in [0.5, 0.6) is 0 Å². The van der Waals surface area contributed by atoms with Gasteiger partial charge in [0.15, 0.2) is 11.4 Å². The molecule has 0 N–H and O–H groups in total. The zero-order valence-corrected chi connectivity index (χ0v) is 11.9. The number of rotatable bonds is 3. The number of hydrogen-bond acceptors (Lipinski definition) is 4. The van der Waals surface area contributed by atoms with E-state index in [-0.39, 0.29) is 23.7 Å². The molecule has 5 heteroatoms. The first-order valence-corrected chi connectivity index (χ1v) is 6.90. The van der Waals surface area contributed by atoms with Crippen LogP contribution in [0.15, 0.2) is 57.7 Å². The first-order chi connectivity index (χ1) is 10.6. The van der Waals surface area contributed by atoms with Crippen LogP contribution >= 0.6 is 0 Å². The van der Waals surface area contributed by atoms with Crippen molar-refractivity contribution in [1.29, 1.82) is 0 Å². The molecular formula is C17H13NO4. The van der Waals surface area contributed by atoms with E-state index in [1.54, 1.807) is 43.3 Å². The lowest BCUT2D eigenvalue weighted by Gasteiger charge is -2.01. The maximum absolute atomic E-state index is 12.4. The van der Waals surface area contributed by atoms with Gasteiger partial charge in [-0.3, -0.25) is 9.59 Å². The minimum atomic E-state index is -0.730. The van der Waals surface area contributed by atoms with Gasteiger partial charge in [-0.1, -0.05) is 37.3 Å². The van der Waals surface area contributed by atoms with E-state index in [1.165, 1.54) is 6.07 Å². The number of nitrogens with zero attached hydrogens (tertiary/aromatic N) is 1. The smallest absolute Gasteiger partial charge is 0.407 e. The fourth-order valence-electron chi connectivity index (χ4n) is 2.31. The van der Waals surface area contributed by atoms with Crippen molar-refractivity contribution in [3.8, 4) is 0 Å². The molecule has 22 heavy (non-hydrogen) atoms. The average Bonchev–Trinajstić information content (AvgIpc) is 2.89. The lowest BCUT2D eigenvalue weighted by Crippen LogP contribution is -2.21. The van der Waals surface area contributed by atoms with Crippen LogP contribution in [0.1, 0.15) is 34.1 Å². The number of aromatic nitrogens is 1. The van der Waals surface area contributed by atoms with Crippen molar-refractivity contribution in [3.05, 3.63) is 70.2 Å². The molecule has 3 rings (SSSR count). The van der Waals surface area contributed by atoms with E-state index in [2.05, 4.69) is 0 Å². The Kier molecular flexibility index (Phi) is 3.47. The monoisotopic (exact) mass is 295 g/mol. The zero-order chi connectivity index (χ0) is 15.7. The van der Waals surface area contributed by atoms with Crippen molar-refractivity contribution in [2.75, 3.05) is 0 Å². The topological polar surface area (TPSA) is 69.3 Å².